The van der Waals surface area contributed by atoms with Gasteiger partial charge in [0.1, 0.15) is 5.75 Å². The maximum atomic E-state index is 10.1. The van der Waals surface area contributed by atoms with Crippen LogP contribution >= 0.6 is 0 Å². The predicted molar refractivity (Wildman–Crippen MR) is 84.2 cm³/mol. The lowest BCUT2D eigenvalue weighted by Crippen LogP contribution is -2.38. The van der Waals surface area contributed by atoms with Gasteiger partial charge in [-0.3, -0.25) is 9.88 Å². The monoisotopic (exact) mass is 282 g/mol. The number of hydrogen-bond acceptors (Lipinski definition) is 3. The van der Waals surface area contributed by atoms with E-state index in [1.807, 2.05) is 24.5 Å². The van der Waals surface area contributed by atoms with Gasteiger partial charge < -0.3 is 5.11 Å². The summed E-state index contributed by atoms with van der Waals surface area (Å²) in [6.45, 7) is 4.15. The fourth-order valence-corrected chi connectivity index (χ4v) is 3.29. The van der Waals surface area contributed by atoms with Crippen molar-refractivity contribution >= 4 is 0 Å². The number of aromatic hydroxyl groups is 1. The van der Waals surface area contributed by atoms with Crippen molar-refractivity contribution in [2.75, 3.05) is 6.54 Å². The van der Waals surface area contributed by atoms with Crippen LogP contribution < -0.4 is 0 Å². The standard InChI is InChI=1S/C18H22N2O/c1-2-20(13-14-5-4-10-19-12-14)16-9-8-15-6-3-7-18(21)17(15)11-16/h3-7,10,12,16,21H,2,8-9,11,13H2,1H3. The van der Waals surface area contributed by atoms with Crippen LogP contribution in [0.4, 0.5) is 0 Å². The van der Waals surface area contributed by atoms with Gasteiger partial charge in [0.05, 0.1) is 0 Å². The van der Waals surface area contributed by atoms with Crippen molar-refractivity contribution < 1.29 is 5.11 Å². The molecule has 0 saturated heterocycles. The Morgan fingerprint density at radius 2 is 2.19 bits per heavy atom. The summed E-state index contributed by atoms with van der Waals surface area (Å²) >= 11 is 0. The van der Waals surface area contributed by atoms with E-state index in [0.717, 1.165) is 37.9 Å². The zero-order valence-electron chi connectivity index (χ0n) is 12.5. The maximum absolute atomic E-state index is 10.1. The summed E-state index contributed by atoms with van der Waals surface area (Å²) in [6.07, 6.45) is 6.91. The molecule has 1 aliphatic carbocycles. The maximum Gasteiger partial charge on any atom is 0.119 e. The summed E-state index contributed by atoms with van der Waals surface area (Å²) in [5.41, 5.74) is 3.70. The highest BCUT2D eigenvalue weighted by molar-refractivity contribution is 5.41. The van der Waals surface area contributed by atoms with Crippen molar-refractivity contribution in [3.8, 4) is 5.75 Å². The molecule has 0 saturated carbocycles. The fraction of sp³-hybridized carbons (Fsp3) is 0.389. The van der Waals surface area contributed by atoms with Gasteiger partial charge in [0.2, 0.25) is 0 Å². The molecule has 3 heteroatoms. The molecule has 1 atom stereocenters. The van der Waals surface area contributed by atoms with E-state index in [4.69, 9.17) is 0 Å². The van der Waals surface area contributed by atoms with Crippen molar-refractivity contribution in [2.45, 2.75) is 38.8 Å². The highest BCUT2D eigenvalue weighted by Crippen LogP contribution is 2.31. The second-order valence-corrected chi connectivity index (χ2v) is 5.74. The number of phenols is 1. The summed E-state index contributed by atoms with van der Waals surface area (Å²) in [4.78, 5) is 6.69. The van der Waals surface area contributed by atoms with E-state index in [-0.39, 0.29) is 0 Å². The zero-order valence-corrected chi connectivity index (χ0v) is 12.5. The zero-order chi connectivity index (χ0) is 14.7. The summed E-state index contributed by atoms with van der Waals surface area (Å²) in [7, 11) is 0. The number of rotatable bonds is 4. The number of benzene rings is 1. The lowest BCUT2D eigenvalue weighted by Gasteiger charge is -2.34. The third kappa shape index (κ3) is 3.08. The quantitative estimate of drug-likeness (QED) is 0.935. The van der Waals surface area contributed by atoms with Gasteiger partial charge in [0, 0.05) is 25.0 Å². The molecule has 3 rings (SSSR count). The van der Waals surface area contributed by atoms with Crippen LogP contribution in [0.25, 0.3) is 0 Å². The molecule has 1 unspecified atom stereocenters. The first-order valence-corrected chi connectivity index (χ1v) is 7.70. The van der Waals surface area contributed by atoms with Crippen LogP contribution in [-0.4, -0.2) is 27.6 Å². The van der Waals surface area contributed by atoms with Gasteiger partial charge in [-0.2, -0.15) is 0 Å². The van der Waals surface area contributed by atoms with Crippen LogP contribution in [0.2, 0.25) is 0 Å². The van der Waals surface area contributed by atoms with Crippen molar-refractivity contribution in [3.05, 3.63) is 59.4 Å². The molecule has 1 aromatic carbocycles. The molecule has 0 fully saturated rings. The van der Waals surface area contributed by atoms with Crippen LogP contribution in [0, 0.1) is 0 Å². The van der Waals surface area contributed by atoms with Crippen molar-refractivity contribution in [1.82, 2.24) is 9.88 Å². The lowest BCUT2D eigenvalue weighted by atomic mass is 9.86. The van der Waals surface area contributed by atoms with Crippen LogP contribution in [0.15, 0.2) is 42.7 Å². The number of pyridine rings is 1. The lowest BCUT2D eigenvalue weighted by molar-refractivity contribution is 0.179. The number of hydrogen-bond donors (Lipinski definition) is 1. The Hall–Kier alpha value is -1.87. The summed E-state index contributed by atoms with van der Waals surface area (Å²) in [6, 6.07) is 10.5. The van der Waals surface area contributed by atoms with Crippen molar-refractivity contribution in [1.29, 1.82) is 0 Å². The molecular weight excluding hydrogens is 260 g/mol. The smallest absolute Gasteiger partial charge is 0.119 e. The highest BCUT2D eigenvalue weighted by Gasteiger charge is 2.25. The number of fused-ring (bicyclic) bond motifs is 1. The van der Waals surface area contributed by atoms with Gasteiger partial charge in [-0.1, -0.05) is 25.1 Å². The van der Waals surface area contributed by atoms with E-state index in [0.29, 0.717) is 11.8 Å². The van der Waals surface area contributed by atoms with E-state index in [2.05, 4.69) is 28.9 Å². The second-order valence-electron chi connectivity index (χ2n) is 5.74. The minimum atomic E-state index is 0.453. The topological polar surface area (TPSA) is 36.4 Å². The van der Waals surface area contributed by atoms with Crippen molar-refractivity contribution in [2.24, 2.45) is 0 Å². The predicted octanol–water partition coefficient (Wildman–Crippen LogP) is 3.17. The summed E-state index contributed by atoms with van der Waals surface area (Å²) in [5.74, 6) is 0.453. The molecule has 3 nitrogen and oxygen atoms in total. The van der Waals surface area contributed by atoms with E-state index >= 15 is 0 Å². The molecule has 110 valence electrons. The molecule has 0 aliphatic heterocycles. The number of nitrogens with zero attached hydrogens (tertiary/aromatic N) is 2. The summed E-state index contributed by atoms with van der Waals surface area (Å²) in [5, 5.41) is 10.1. The number of phenolic OH excluding ortho intramolecular Hbond substituents is 1. The molecule has 1 N–H and O–H groups in total. The first kappa shape index (κ1) is 14.1. The fourth-order valence-electron chi connectivity index (χ4n) is 3.29. The van der Waals surface area contributed by atoms with Crippen LogP contribution in [0.1, 0.15) is 30.0 Å². The van der Waals surface area contributed by atoms with Crippen LogP contribution in [0.3, 0.4) is 0 Å². The van der Waals surface area contributed by atoms with Gasteiger partial charge in [0.15, 0.2) is 0 Å². The van der Waals surface area contributed by atoms with Gasteiger partial charge in [-0.15, -0.1) is 0 Å². The average Bonchev–Trinajstić information content (AvgIpc) is 2.54. The third-order valence-electron chi connectivity index (χ3n) is 4.47. The first-order valence-electron chi connectivity index (χ1n) is 7.70. The molecule has 1 heterocycles. The van der Waals surface area contributed by atoms with E-state index in [9.17, 15) is 5.11 Å². The van der Waals surface area contributed by atoms with Gasteiger partial charge in [-0.05, 0) is 54.6 Å². The Bertz CT molecular complexity index is 597. The Balaban J connectivity index is 1.76. The molecule has 1 aromatic heterocycles. The molecule has 1 aliphatic rings. The molecule has 0 radical (unpaired) electrons. The number of likely N-dealkylation sites (N-methyl/N-ethyl adjacent to an activating group) is 1. The average molecular weight is 282 g/mol. The van der Waals surface area contributed by atoms with E-state index in [1.165, 1.54) is 11.1 Å². The number of aromatic nitrogens is 1. The van der Waals surface area contributed by atoms with Crippen molar-refractivity contribution in [3.63, 3.8) is 0 Å². The highest BCUT2D eigenvalue weighted by atomic mass is 16.3. The second kappa shape index (κ2) is 6.27. The molecular formula is C18H22N2O. The Morgan fingerprint density at radius 3 is 2.95 bits per heavy atom. The molecule has 0 bridgehead atoms. The van der Waals surface area contributed by atoms with E-state index < -0.39 is 0 Å². The first-order chi connectivity index (χ1) is 10.3. The minimum absolute atomic E-state index is 0.453. The van der Waals surface area contributed by atoms with Gasteiger partial charge in [-0.25, -0.2) is 0 Å². The molecule has 2 aromatic rings. The molecule has 0 amide bonds. The normalized spacial score (nSPS) is 17.7. The Kier molecular flexibility index (Phi) is 4.20. The minimum Gasteiger partial charge on any atom is -0.508 e. The van der Waals surface area contributed by atoms with E-state index in [1.54, 1.807) is 6.07 Å². The Morgan fingerprint density at radius 1 is 1.29 bits per heavy atom. The molecule has 21 heavy (non-hydrogen) atoms. The Labute approximate surface area is 126 Å². The van der Waals surface area contributed by atoms with Crippen LogP contribution in [0.5, 0.6) is 5.75 Å². The molecule has 0 spiro atoms. The van der Waals surface area contributed by atoms with Crippen LogP contribution in [-0.2, 0) is 19.4 Å². The SMILES string of the molecule is CCN(Cc1cccnc1)C1CCc2cccc(O)c2C1. The summed E-state index contributed by atoms with van der Waals surface area (Å²) < 4.78 is 0. The number of aryl methyl sites for hydroxylation is 1. The van der Waals surface area contributed by atoms with Gasteiger partial charge >= 0.3 is 0 Å². The third-order valence-corrected chi connectivity index (χ3v) is 4.47. The van der Waals surface area contributed by atoms with Gasteiger partial charge in [0.25, 0.3) is 0 Å². The largest absolute Gasteiger partial charge is 0.508 e.